The van der Waals surface area contributed by atoms with Gasteiger partial charge < -0.3 is 36.3 Å². The Balaban J connectivity index is 0.000000219. The number of phenols is 1. The van der Waals surface area contributed by atoms with Gasteiger partial charge in [-0.05, 0) is 48.5 Å². The summed E-state index contributed by atoms with van der Waals surface area (Å²) in [6.07, 6.45) is 4.44. The second-order valence-electron chi connectivity index (χ2n) is 11.2. The van der Waals surface area contributed by atoms with Gasteiger partial charge in [-0.3, -0.25) is 49.6 Å². The molecule has 0 aliphatic rings. The molecular formula is C39H36ClN9O10. The molecule has 0 saturated heterocycles. The zero-order valence-electron chi connectivity index (χ0n) is 31.4. The van der Waals surface area contributed by atoms with Crippen molar-refractivity contribution in [2.75, 3.05) is 26.9 Å². The number of anilines is 1. The van der Waals surface area contributed by atoms with Gasteiger partial charge in [0.1, 0.15) is 45.8 Å². The molecule has 19 nitrogen and oxygen atoms in total. The molecule has 304 valence electrons. The topological polar surface area (TPSA) is 277 Å². The van der Waals surface area contributed by atoms with Crippen LogP contribution >= 0.6 is 11.6 Å². The molecule has 3 heterocycles. The van der Waals surface area contributed by atoms with Gasteiger partial charge in [0.15, 0.2) is 0 Å². The van der Waals surface area contributed by atoms with Crippen molar-refractivity contribution < 1.29 is 38.8 Å². The number of nitrogens with two attached hydrogens (primary N) is 1. The molecular weight excluding hydrogens is 790 g/mol. The molecule has 0 aliphatic carbocycles. The summed E-state index contributed by atoms with van der Waals surface area (Å²) in [6.45, 7) is 0. The number of pyridine rings is 3. The molecule has 0 aliphatic heterocycles. The minimum Gasteiger partial charge on any atom is -0.508 e. The third-order valence-corrected chi connectivity index (χ3v) is 7.20. The number of benzene rings is 3. The number of nitro groups is 2. The lowest BCUT2D eigenvalue weighted by atomic mass is 10.3. The van der Waals surface area contributed by atoms with Crippen LogP contribution in [0.5, 0.6) is 28.7 Å². The predicted molar refractivity (Wildman–Crippen MR) is 217 cm³/mol. The van der Waals surface area contributed by atoms with Crippen LogP contribution in [0.2, 0.25) is 5.02 Å². The molecule has 0 fully saturated rings. The fraction of sp³-hybridized carbons (Fsp3) is 0.0769. The number of nitro benzene ring substituents is 2. The number of aromatic hydroxyl groups is 1. The second-order valence-corrected chi connectivity index (χ2v) is 11.6. The first-order valence-electron chi connectivity index (χ1n) is 16.8. The van der Waals surface area contributed by atoms with Crippen molar-refractivity contribution in [1.29, 1.82) is 0 Å². The van der Waals surface area contributed by atoms with Crippen LogP contribution in [0.25, 0.3) is 0 Å². The van der Waals surface area contributed by atoms with E-state index in [0.717, 1.165) is 6.07 Å². The molecule has 0 radical (unpaired) electrons. The van der Waals surface area contributed by atoms with E-state index >= 15 is 0 Å². The van der Waals surface area contributed by atoms with Crippen molar-refractivity contribution in [3.05, 3.63) is 170 Å². The summed E-state index contributed by atoms with van der Waals surface area (Å²) < 4.78 is 11.1. The third kappa shape index (κ3) is 15.5. The Hall–Kier alpha value is -8.19. The Morgan fingerprint density at radius 2 is 1.00 bits per heavy atom. The highest BCUT2D eigenvalue weighted by Crippen LogP contribution is 2.26. The van der Waals surface area contributed by atoms with Gasteiger partial charge in [-0.1, -0.05) is 29.8 Å². The number of nitrogen functional groups attached to an aromatic ring is 1. The van der Waals surface area contributed by atoms with Crippen molar-refractivity contribution >= 4 is 46.4 Å². The number of rotatable bonds is 9. The summed E-state index contributed by atoms with van der Waals surface area (Å²) in [4.78, 5) is 65.1. The zero-order chi connectivity index (χ0) is 43.3. The number of phenolic OH excluding ortho intramolecular Hbond substituents is 1. The van der Waals surface area contributed by atoms with Gasteiger partial charge >= 0.3 is 0 Å². The van der Waals surface area contributed by atoms with Gasteiger partial charge in [0.25, 0.3) is 29.1 Å². The number of amides is 3. The molecule has 0 atom stereocenters. The lowest BCUT2D eigenvalue weighted by Crippen LogP contribution is -2.18. The quantitative estimate of drug-likeness (QED) is 0.0603. The Morgan fingerprint density at radius 3 is 1.42 bits per heavy atom. The maximum atomic E-state index is 11.4. The number of halogens is 1. The minimum atomic E-state index is -0.556. The summed E-state index contributed by atoms with van der Waals surface area (Å²) in [7, 11) is 4.60. The Labute approximate surface area is 341 Å². The Morgan fingerprint density at radius 1 is 0.593 bits per heavy atom. The normalized spacial score (nSPS) is 9.63. The van der Waals surface area contributed by atoms with Crippen molar-refractivity contribution in [2.45, 2.75) is 0 Å². The van der Waals surface area contributed by atoms with Crippen LogP contribution in [0.1, 0.15) is 31.5 Å². The summed E-state index contributed by atoms with van der Waals surface area (Å²) in [5.41, 5.74) is 6.95. The fourth-order valence-electron chi connectivity index (χ4n) is 4.23. The van der Waals surface area contributed by atoms with Crippen molar-refractivity contribution in [3.63, 3.8) is 0 Å². The van der Waals surface area contributed by atoms with E-state index < -0.39 is 9.85 Å². The van der Waals surface area contributed by atoms with Gasteiger partial charge in [0.05, 0.1) is 22.0 Å². The van der Waals surface area contributed by atoms with E-state index in [1.54, 1.807) is 68.7 Å². The molecule has 0 spiro atoms. The zero-order valence-corrected chi connectivity index (χ0v) is 32.2. The molecule has 3 aromatic heterocycles. The Bertz CT molecular complexity index is 2400. The number of carbonyl (C=O) groups excluding carboxylic acids is 3. The van der Waals surface area contributed by atoms with Crippen LogP contribution in [-0.4, -0.2) is 68.8 Å². The first kappa shape index (κ1) is 45.2. The molecule has 0 unspecified atom stereocenters. The predicted octanol–water partition coefficient (Wildman–Crippen LogP) is 6.35. The first-order chi connectivity index (χ1) is 28.2. The van der Waals surface area contributed by atoms with Crippen LogP contribution in [0.4, 0.5) is 17.1 Å². The van der Waals surface area contributed by atoms with E-state index in [1.807, 2.05) is 0 Å². The van der Waals surface area contributed by atoms with Crippen LogP contribution in [0.3, 0.4) is 0 Å². The van der Waals surface area contributed by atoms with Crippen LogP contribution in [-0.2, 0) is 0 Å². The molecule has 0 bridgehead atoms. The van der Waals surface area contributed by atoms with Gasteiger partial charge in [0, 0.05) is 80.8 Å². The van der Waals surface area contributed by atoms with E-state index in [1.165, 1.54) is 74.2 Å². The highest BCUT2D eigenvalue weighted by molar-refractivity contribution is 6.30. The monoisotopic (exact) mass is 825 g/mol. The smallest absolute Gasteiger partial charge is 0.273 e. The number of aromatic nitrogens is 3. The van der Waals surface area contributed by atoms with Gasteiger partial charge in [-0.25, -0.2) is 0 Å². The maximum Gasteiger partial charge on any atom is 0.273 e. The number of hydrogen-bond acceptors (Lipinski definition) is 14. The van der Waals surface area contributed by atoms with E-state index in [-0.39, 0.29) is 40.5 Å². The number of hydrogen-bond donors (Lipinski definition) is 5. The lowest BCUT2D eigenvalue weighted by Gasteiger charge is -2.07. The van der Waals surface area contributed by atoms with Crippen molar-refractivity contribution in [2.24, 2.45) is 0 Å². The molecule has 20 heteroatoms. The van der Waals surface area contributed by atoms with Gasteiger partial charge in [-0.2, -0.15) is 0 Å². The second kappa shape index (κ2) is 23.0. The summed E-state index contributed by atoms with van der Waals surface area (Å²) in [5.74, 6) is 0.926. The van der Waals surface area contributed by atoms with Gasteiger partial charge in [0.2, 0.25) is 0 Å². The standard InChI is InChI=1S/C13H11N3O4.C13H13N3O2.C7H7ClN2O.C6H5NO3/c1-14-13(17)12-8-11(5-6-15-12)20-10-4-2-3-9(7-10)16(18)19;1-15-13(17)12-8-11(5-6-16-12)18-10-4-2-3-9(14)7-10;1-9-7(11)6-4-5(8)2-3-10-6;8-6-3-1-2-5(4-6)7(9)10/h2-8H,1H3,(H,14,17);2-8H,14H2,1H3,(H,15,17);2-4H,1H3,(H,9,11);1-4,8H. The number of nitrogens with one attached hydrogen (secondary N) is 3. The first-order valence-corrected chi connectivity index (χ1v) is 17.2. The molecule has 6 rings (SSSR count). The van der Waals surface area contributed by atoms with Crippen molar-refractivity contribution in [1.82, 2.24) is 30.9 Å². The minimum absolute atomic E-state index is 0.0666. The average Bonchev–Trinajstić information content (AvgIpc) is 3.23. The molecule has 0 saturated carbocycles. The van der Waals surface area contributed by atoms with Crippen LogP contribution in [0, 0.1) is 20.2 Å². The van der Waals surface area contributed by atoms with Crippen LogP contribution in [0.15, 0.2) is 128 Å². The molecule has 6 aromatic rings. The van der Waals surface area contributed by atoms with Crippen molar-refractivity contribution in [3.8, 4) is 28.7 Å². The van der Waals surface area contributed by atoms with E-state index in [4.69, 9.17) is 31.9 Å². The van der Waals surface area contributed by atoms with E-state index in [0.29, 0.717) is 45.1 Å². The van der Waals surface area contributed by atoms with Gasteiger partial charge in [-0.15, -0.1) is 0 Å². The SMILES string of the molecule is CNC(=O)c1cc(Cl)ccn1.CNC(=O)c1cc(Oc2cccc(N)c2)ccn1.CNC(=O)c1cc(Oc2cccc([N+](=O)[O-])c2)ccn1.O=[N+]([O-])c1cccc(O)c1. The largest absolute Gasteiger partial charge is 0.508 e. The Kier molecular flexibility index (Phi) is 17.6. The van der Waals surface area contributed by atoms with E-state index in [2.05, 4.69) is 30.9 Å². The molecule has 3 aromatic carbocycles. The lowest BCUT2D eigenvalue weighted by molar-refractivity contribution is -0.385. The summed E-state index contributed by atoms with van der Waals surface area (Å²) in [6, 6.07) is 27.5. The highest BCUT2D eigenvalue weighted by atomic mass is 35.5. The van der Waals surface area contributed by atoms with Crippen LogP contribution < -0.4 is 31.2 Å². The number of carbonyl (C=O) groups is 3. The maximum absolute atomic E-state index is 11.4. The molecule has 59 heavy (non-hydrogen) atoms. The molecule has 6 N–H and O–H groups in total. The number of nitrogens with zero attached hydrogens (tertiary/aromatic N) is 5. The average molecular weight is 826 g/mol. The summed E-state index contributed by atoms with van der Waals surface area (Å²) >= 11 is 5.63. The third-order valence-electron chi connectivity index (χ3n) is 6.96. The highest BCUT2D eigenvalue weighted by Gasteiger charge is 2.10. The number of non-ortho nitro benzene ring substituents is 2. The van der Waals surface area contributed by atoms with E-state index in [9.17, 15) is 34.6 Å². The summed E-state index contributed by atoms with van der Waals surface area (Å²) in [5, 5.41) is 37.4. The molecule has 3 amide bonds. The fourth-order valence-corrected chi connectivity index (χ4v) is 4.39. The number of ether oxygens (including phenoxy) is 2.